The van der Waals surface area contributed by atoms with E-state index in [1.807, 2.05) is 37.3 Å². The van der Waals surface area contributed by atoms with Crippen LogP contribution in [0.5, 0.6) is 5.75 Å². The van der Waals surface area contributed by atoms with Crippen molar-refractivity contribution in [2.24, 2.45) is 0 Å². The van der Waals surface area contributed by atoms with Crippen molar-refractivity contribution in [2.75, 3.05) is 4.90 Å². The molecule has 3 heterocycles. The van der Waals surface area contributed by atoms with Crippen molar-refractivity contribution in [2.45, 2.75) is 51.7 Å². The molecule has 6 rings (SSSR count). The summed E-state index contributed by atoms with van der Waals surface area (Å²) in [4.78, 5) is 33.2. The number of amides is 1. The Morgan fingerprint density at radius 3 is 2.54 bits per heavy atom. The number of rotatable bonds is 3. The number of carbonyl (C=O) groups excluding carboxylic acids is 2. The summed E-state index contributed by atoms with van der Waals surface area (Å²) in [7, 11) is 0. The van der Waals surface area contributed by atoms with Gasteiger partial charge in [-0.3, -0.25) is 14.5 Å². The van der Waals surface area contributed by atoms with E-state index >= 15 is 0 Å². The summed E-state index contributed by atoms with van der Waals surface area (Å²) in [5, 5.41) is 12.5. The first kappa shape index (κ1) is 25.6. The van der Waals surface area contributed by atoms with Crippen LogP contribution in [0.4, 0.5) is 5.13 Å². The first-order chi connectivity index (χ1) is 18.5. The van der Waals surface area contributed by atoms with E-state index in [0.29, 0.717) is 33.2 Å². The topological polar surface area (TPSA) is 79.7 Å². The van der Waals surface area contributed by atoms with Crippen molar-refractivity contribution in [3.05, 3.63) is 93.5 Å². The number of benzene rings is 3. The second-order valence-electron chi connectivity index (χ2n) is 11.1. The Bertz CT molecular complexity index is 1680. The predicted molar refractivity (Wildman–Crippen MR) is 155 cm³/mol. The number of anilines is 1. The zero-order valence-corrected chi connectivity index (χ0v) is 23.6. The van der Waals surface area contributed by atoms with Crippen molar-refractivity contribution >= 4 is 55.7 Å². The molecule has 0 aliphatic carbocycles. The first-order valence-corrected chi connectivity index (χ1v) is 14.0. The maximum atomic E-state index is 13.6. The Labute approximate surface area is 235 Å². The lowest BCUT2D eigenvalue weighted by molar-refractivity contribution is -0.132. The van der Waals surface area contributed by atoms with Gasteiger partial charge in [-0.05, 0) is 65.4 Å². The summed E-state index contributed by atoms with van der Waals surface area (Å²) in [6.07, 6.45) is 0.744. The fourth-order valence-electron chi connectivity index (χ4n) is 5.22. The van der Waals surface area contributed by atoms with Crippen molar-refractivity contribution in [1.29, 1.82) is 0 Å². The van der Waals surface area contributed by atoms with Gasteiger partial charge >= 0.3 is 5.91 Å². The van der Waals surface area contributed by atoms with Crippen LogP contribution in [-0.2, 0) is 21.4 Å². The molecule has 2 atom stereocenters. The van der Waals surface area contributed by atoms with Crippen LogP contribution in [0, 0.1) is 0 Å². The molecule has 2 aliphatic heterocycles. The van der Waals surface area contributed by atoms with Crippen LogP contribution in [0.1, 0.15) is 56.0 Å². The minimum Gasteiger partial charge on any atom is -0.507 e. The highest BCUT2D eigenvalue weighted by molar-refractivity contribution is 7.22. The number of ketones is 1. The van der Waals surface area contributed by atoms with E-state index in [2.05, 4.69) is 25.8 Å². The number of fused-ring (bicyclic) bond motifs is 2. The van der Waals surface area contributed by atoms with Crippen molar-refractivity contribution in [3.63, 3.8) is 0 Å². The molecule has 0 saturated carbocycles. The molecule has 0 unspecified atom stereocenters. The van der Waals surface area contributed by atoms with Crippen LogP contribution < -0.4 is 9.64 Å². The number of hydrogen-bond donors (Lipinski definition) is 1. The Morgan fingerprint density at radius 1 is 1.08 bits per heavy atom. The van der Waals surface area contributed by atoms with Gasteiger partial charge in [0.25, 0.3) is 5.78 Å². The van der Waals surface area contributed by atoms with E-state index < -0.39 is 17.7 Å². The predicted octanol–water partition coefficient (Wildman–Crippen LogP) is 7.20. The first-order valence-electron chi connectivity index (χ1n) is 12.8. The Kier molecular flexibility index (Phi) is 6.04. The van der Waals surface area contributed by atoms with Gasteiger partial charge in [0, 0.05) is 17.0 Å². The zero-order chi connectivity index (χ0) is 27.6. The lowest BCUT2D eigenvalue weighted by Gasteiger charge is -2.24. The maximum Gasteiger partial charge on any atom is 0.301 e. The summed E-state index contributed by atoms with van der Waals surface area (Å²) < 4.78 is 6.60. The van der Waals surface area contributed by atoms with Gasteiger partial charge in [-0.25, -0.2) is 4.98 Å². The summed E-state index contributed by atoms with van der Waals surface area (Å²) in [5.41, 5.74) is 3.89. The van der Waals surface area contributed by atoms with Gasteiger partial charge < -0.3 is 9.84 Å². The number of hydrogen-bond acceptors (Lipinski definition) is 6. The smallest absolute Gasteiger partial charge is 0.301 e. The lowest BCUT2D eigenvalue weighted by atomic mass is 9.85. The van der Waals surface area contributed by atoms with Crippen LogP contribution in [0.3, 0.4) is 0 Å². The van der Waals surface area contributed by atoms with Gasteiger partial charge in [0.15, 0.2) is 5.13 Å². The number of carbonyl (C=O) groups is 2. The second-order valence-corrected chi connectivity index (χ2v) is 12.6. The van der Waals surface area contributed by atoms with E-state index in [9.17, 15) is 14.7 Å². The van der Waals surface area contributed by atoms with Crippen molar-refractivity contribution in [1.82, 2.24) is 4.98 Å². The third-order valence-corrected chi connectivity index (χ3v) is 8.50. The average Bonchev–Trinajstić information content (AvgIpc) is 3.55. The highest BCUT2D eigenvalue weighted by Gasteiger charge is 2.48. The largest absolute Gasteiger partial charge is 0.507 e. The standard InChI is InChI=1S/C31H27ClN2O4S/c1-16-13-19-14-18(7-12-23(19)38-16)27(35)25-26(17-5-8-20(9-6-17)31(2,3)4)34(29(37)28(25)36)30-33-22-11-10-21(32)15-24(22)39-30/h5-12,14-16,26,35H,13H2,1-4H3/b27-25+/t16-,26+/m0/s1. The number of Topliss-reactive ketones (excluding diaryl/α,β-unsaturated/α-hetero) is 1. The van der Waals surface area contributed by atoms with Crippen LogP contribution in [-0.4, -0.2) is 27.9 Å². The maximum absolute atomic E-state index is 13.6. The number of aliphatic hydroxyl groups is 1. The third-order valence-electron chi connectivity index (χ3n) is 7.25. The molecule has 2 aliphatic rings. The summed E-state index contributed by atoms with van der Waals surface area (Å²) in [6, 6.07) is 17.7. The van der Waals surface area contributed by atoms with E-state index in [1.165, 1.54) is 16.2 Å². The molecule has 1 saturated heterocycles. The molecule has 6 nitrogen and oxygen atoms in total. The molecular formula is C31H27ClN2O4S. The highest BCUT2D eigenvalue weighted by atomic mass is 35.5. The zero-order valence-electron chi connectivity index (χ0n) is 22.0. The quantitative estimate of drug-likeness (QED) is 0.163. The molecule has 198 valence electrons. The molecule has 39 heavy (non-hydrogen) atoms. The normalized spacial score (nSPS) is 20.5. The average molecular weight is 559 g/mol. The number of aliphatic hydroxyl groups excluding tert-OH is 1. The van der Waals surface area contributed by atoms with E-state index in [0.717, 1.165) is 21.6 Å². The van der Waals surface area contributed by atoms with Crippen LogP contribution >= 0.6 is 22.9 Å². The molecule has 8 heteroatoms. The molecule has 1 aromatic heterocycles. The lowest BCUT2D eigenvalue weighted by Crippen LogP contribution is -2.29. The summed E-state index contributed by atoms with van der Waals surface area (Å²) >= 11 is 7.48. The van der Waals surface area contributed by atoms with Gasteiger partial charge in [0.05, 0.1) is 21.8 Å². The van der Waals surface area contributed by atoms with Gasteiger partial charge in [-0.2, -0.15) is 0 Å². The molecule has 1 N–H and O–H groups in total. The third kappa shape index (κ3) is 4.39. The van der Waals surface area contributed by atoms with Crippen molar-refractivity contribution < 1.29 is 19.4 Å². The van der Waals surface area contributed by atoms with Gasteiger partial charge in [-0.15, -0.1) is 0 Å². The summed E-state index contributed by atoms with van der Waals surface area (Å²) in [5.74, 6) is -0.932. The van der Waals surface area contributed by atoms with Gasteiger partial charge in [-0.1, -0.05) is 68.0 Å². The molecule has 3 aromatic carbocycles. The van der Waals surface area contributed by atoms with Crippen LogP contribution in [0.25, 0.3) is 16.0 Å². The van der Waals surface area contributed by atoms with E-state index in [1.54, 1.807) is 30.3 Å². The van der Waals surface area contributed by atoms with E-state index in [-0.39, 0.29) is 22.9 Å². The van der Waals surface area contributed by atoms with Crippen molar-refractivity contribution in [3.8, 4) is 5.75 Å². The molecule has 4 aromatic rings. The van der Waals surface area contributed by atoms with Gasteiger partial charge in [0.2, 0.25) is 0 Å². The second kappa shape index (κ2) is 9.21. The van der Waals surface area contributed by atoms with Gasteiger partial charge in [0.1, 0.15) is 17.6 Å². The number of thiazole rings is 1. The number of ether oxygens (including phenoxy) is 1. The molecule has 1 amide bonds. The Balaban J connectivity index is 1.53. The molecular weight excluding hydrogens is 532 g/mol. The van der Waals surface area contributed by atoms with E-state index in [4.69, 9.17) is 16.3 Å². The fourth-order valence-corrected chi connectivity index (χ4v) is 6.49. The van der Waals surface area contributed by atoms with Crippen LogP contribution in [0.15, 0.2) is 66.2 Å². The fraction of sp³-hybridized carbons (Fsp3) is 0.258. The number of halogens is 1. The monoisotopic (exact) mass is 558 g/mol. The Hall–Kier alpha value is -3.68. The Morgan fingerprint density at radius 2 is 1.82 bits per heavy atom. The number of nitrogens with zero attached hydrogens (tertiary/aromatic N) is 2. The molecule has 0 bridgehead atoms. The summed E-state index contributed by atoms with van der Waals surface area (Å²) in [6.45, 7) is 8.35. The molecule has 0 radical (unpaired) electrons. The highest BCUT2D eigenvalue weighted by Crippen LogP contribution is 2.45. The number of aromatic nitrogens is 1. The molecule has 1 fully saturated rings. The molecule has 0 spiro atoms. The minimum atomic E-state index is -0.849. The van der Waals surface area contributed by atoms with Crippen LogP contribution in [0.2, 0.25) is 5.02 Å². The minimum absolute atomic E-state index is 0.0349. The SMILES string of the molecule is C[C@H]1Cc2cc(/C(O)=C3\C(=O)C(=O)N(c4nc5ccc(Cl)cc5s4)[C@@H]3c3ccc(C(C)(C)C)cc3)ccc2O1.